The number of aromatic nitrogens is 2. The first-order valence-corrected chi connectivity index (χ1v) is 9.46. The molecule has 9 heteroatoms. The smallest absolute Gasteiger partial charge is 0.246 e. The molecule has 0 amide bonds. The number of nitrogens with zero attached hydrogens (tertiary/aromatic N) is 3. The molecule has 1 aliphatic heterocycles. The van der Waals surface area contributed by atoms with Crippen molar-refractivity contribution in [3.63, 3.8) is 0 Å². The summed E-state index contributed by atoms with van der Waals surface area (Å²) in [6.07, 6.45) is 4.58. The van der Waals surface area contributed by atoms with E-state index in [1.165, 1.54) is 27.4 Å². The van der Waals surface area contributed by atoms with Crippen molar-refractivity contribution in [1.29, 1.82) is 0 Å². The number of benzene rings is 1. The SMILES string of the molecule is Cl.NC1CCC2CN(S(=O)(=O)c3cnn(-c4ccccc4F)c3)CC12. The number of rotatable bonds is 3. The summed E-state index contributed by atoms with van der Waals surface area (Å²) in [5.74, 6) is 0.129. The van der Waals surface area contributed by atoms with Gasteiger partial charge in [0.15, 0.2) is 0 Å². The molecule has 1 saturated carbocycles. The molecule has 2 aliphatic rings. The topological polar surface area (TPSA) is 81.2 Å². The lowest BCUT2D eigenvalue weighted by atomic mass is 9.98. The Labute approximate surface area is 152 Å². The van der Waals surface area contributed by atoms with Crippen molar-refractivity contribution in [3.8, 4) is 5.69 Å². The number of hydrogen-bond acceptors (Lipinski definition) is 4. The predicted molar refractivity (Wildman–Crippen MR) is 93.7 cm³/mol. The molecule has 1 aliphatic carbocycles. The van der Waals surface area contributed by atoms with Crippen LogP contribution in [0.5, 0.6) is 0 Å². The molecule has 1 saturated heterocycles. The molecule has 3 atom stereocenters. The van der Waals surface area contributed by atoms with E-state index in [2.05, 4.69) is 5.10 Å². The van der Waals surface area contributed by atoms with Crippen LogP contribution in [-0.2, 0) is 10.0 Å². The largest absolute Gasteiger partial charge is 0.327 e. The zero-order valence-corrected chi connectivity index (χ0v) is 15.1. The van der Waals surface area contributed by atoms with Crippen LogP contribution in [0, 0.1) is 17.7 Å². The summed E-state index contributed by atoms with van der Waals surface area (Å²) >= 11 is 0. The quantitative estimate of drug-likeness (QED) is 0.872. The lowest BCUT2D eigenvalue weighted by Gasteiger charge is -2.17. The van der Waals surface area contributed by atoms with E-state index in [9.17, 15) is 12.8 Å². The van der Waals surface area contributed by atoms with Crippen molar-refractivity contribution in [2.45, 2.75) is 23.8 Å². The molecule has 0 bridgehead atoms. The Morgan fingerprint density at radius 2 is 1.96 bits per heavy atom. The van der Waals surface area contributed by atoms with E-state index in [1.807, 2.05) is 0 Å². The summed E-state index contributed by atoms with van der Waals surface area (Å²) in [6.45, 7) is 0.963. The van der Waals surface area contributed by atoms with Crippen molar-refractivity contribution >= 4 is 22.4 Å². The molecule has 1 aromatic carbocycles. The van der Waals surface area contributed by atoms with Crippen LogP contribution in [-0.4, -0.2) is 41.6 Å². The number of halogens is 2. The molecular weight excluding hydrogens is 367 g/mol. The maximum absolute atomic E-state index is 13.8. The van der Waals surface area contributed by atoms with Crippen LogP contribution >= 0.6 is 12.4 Å². The average molecular weight is 387 g/mol. The zero-order valence-electron chi connectivity index (χ0n) is 13.5. The van der Waals surface area contributed by atoms with Crippen molar-refractivity contribution < 1.29 is 12.8 Å². The minimum atomic E-state index is -3.63. The molecule has 136 valence electrons. The molecule has 1 aromatic heterocycles. The molecule has 0 radical (unpaired) electrons. The highest BCUT2D eigenvalue weighted by Gasteiger charge is 2.45. The van der Waals surface area contributed by atoms with Gasteiger partial charge in [0.25, 0.3) is 0 Å². The highest BCUT2D eigenvalue weighted by molar-refractivity contribution is 7.89. The normalized spacial score (nSPS) is 26.4. The fourth-order valence-electron chi connectivity index (χ4n) is 3.82. The molecule has 4 rings (SSSR count). The second-order valence-electron chi connectivity index (χ2n) is 6.56. The Morgan fingerprint density at radius 1 is 1.20 bits per heavy atom. The van der Waals surface area contributed by atoms with Crippen molar-refractivity contribution in [2.75, 3.05) is 13.1 Å². The number of para-hydroxylation sites is 1. The summed E-state index contributed by atoms with van der Waals surface area (Å²) in [6, 6.07) is 6.20. The van der Waals surface area contributed by atoms with Gasteiger partial charge in [-0.2, -0.15) is 9.40 Å². The van der Waals surface area contributed by atoms with Gasteiger partial charge in [0.2, 0.25) is 10.0 Å². The Hall–Kier alpha value is -1.48. The lowest BCUT2D eigenvalue weighted by Crippen LogP contribution is -2.33. The molecule has 2 heterocycles. The van der Waals surface area contributed by atoms with E-state index >= 15 is 0 Å². The Kier molecular flexibility index (Phi) is 4.89. The van der Waals surface area contributed by atoms with E-state index in [0.29, 0.717) is 19.0 Å². The molecule has 2 N–H and O–H groups in total. The van der Waals surface area contributed by atoms with Gasteiger partial charge >= 0.3 is 0 Å². The Bertz CT molecular complexity index is 873. The average Bonchev–Trinajstić information content (AvgIpc) is 3.26. The molecule has 2 aromatic rings. The Morgan fingerprint density at radius 3 is 2.68 bits per heavy atom. The van der Waals surface area contributed by atoms with E-state index in [1.54, 1.807) is 18.2 Å². The van der Waals surface area contributed by atoms with Gasteiger partial charge in [0.05, 0.1) is 12.4 Å². The maximum atomic E-state index is 13.8. The monoisotopic (exact) mass is 386 g/mol. The van der Waals surface area contributed by atoms with Gasteiger partial charge in [-0.15, -0.1) is 12.4 Å². The van der Waals surface area contributed by atoms with Gasteiger partial charge in [0, 0.05) is 19.1 Å². The molecule has 2 fully saturated rings. The lowest BCUT2D eigenvalue weighted by molar-refractivity contribution is 0.427. The standard InChI is InChI=1S/C16H19FN4O2S.ClH/c17-14-3-1-2-4-16(14)21-9-12(7-19-21)24(22,23)20-8-11-5-6-15(18)13(11)10-20;/h1-4,7,9,11,13,15H,5-6,8,10,18H2;1H. The second-order valence-corrected chi connectivity index (χ2v) is 8.50. The first-order valence-electron chi connectivity index (χ1n) is 8.02. The van der Waals surface area contributed by atoms with Gasteiger partial charge in [-0.25, -0.2) is 17.5 Å². The third-order valence-electron chi connectivity index (χ3n) is 5.17. The van der Waals surface area contributed by atoms with E-state index in [4.69, 9.17) is 5.73 Å². The van der Waals surface area contributed by atoms with Gasteiger partial charge in [-0.05, 0) is 36.8 Å². The highest BCUT2D eigenvalue weighted by atomic mass is 35.5. The number of hydrogen-bond donors (Lipinski definition) is 1. The minimum Gasteiger partial charge on any atom is -0.327 e. The van der Waals surface area contributed by atoms with Crippen LogP contribution in [0.4, 0.5) is 4.39 Å². The van der Waals surface area contributed by atoms with E-state index in [0.717, 1.165) is 12.8 Å². The molecule has 3 unspecified atom stereocenters. The van der Waals surface area contributed by atoms with E-state index < -0.39 is 15.8 Å². The maximum Gasteiger partial charge on any atom is 0.246 e. The van der Waals surface area contributed by atoms with Crippen LogP contribution in [0.15, 0.2) is 41.6 Å². The van der Waals surface area contributed by atoms with Gasteiger partial charge in [-0.1, -0.05) is 12.1 Å². The van der Waals surface area contributed by atoms with Crippen molar-refractivity contribution in [2.24, 2.45) is 17.6 Å². The third kappa shape index (κ3) is 3.08. The number of nitrogens with two attached hydrogens (primary N) is 1. The van der Waals surface area contributed by atoms with Crippen molar-refractivity contribution in [1.82, 2.24) is 14.1 Å². The predicted octanol–water partition coefficient (Wildman–Crippen LogP) is 1.79. The van der Waals surface area contributed by atoms with Gasteiger partial charge in [0.1, 0.15) is 16.4 Å². The zero-order chi connectivity index (χ0) is 16.9. The van der Waals surface area contributed by atoms with Gasteiger partial charge < -0.3 is 5.73 Å². The van der Waals surface area contributed by atoms with Crippen molar-refractivity contribution in [3.05, 3.63) is 42.5 Å². The van der Waals surface area contributed by atoms with Crippen LogP contribution in [0.1, 0.15) is 12.8 Å². The molecular formula is C16H20ClFN4O2S. The van der Waals surface area contributed by atoms with Crippen LogP contribution in [0.2, 0.25) is 0 Å². The Balaban J connectivity index is 0.00000182. The first-order chi connectivity index (χ1) is 11.5. The summed E-state index contributed by atoms with van der Waals surface area (Å²) < 4.78 is 42.3. The summed E-state index contributed by atoms with van der Waals surface area (Å²) in [4.78, 5) is 0.0827. The second kappa shape index (κ2) is 6.68. The molecule has 25 heavy (non-hydrogen) atoms. The number of sulfonamides is 1. The molecule has 6 nitrogen and oxygen atoms in total. The number of fused-ring (bicyclic) bond motifs is 1. The third-order valence-corrected chi connectivity index (χ3v) is 6.96. The highest BCUT2D eigenvalue weighted by Crippen LogP contribution is 2.39. The van der Waals surface area contributed by atoms with Crippen LogP contribution < -0.4 is 5.73 Å². The summed E-state index contributed by atoms with van der Waals surface area (Å²) in [5.41, 5.74) is 6.30. The molecule has 0 spiro atoms. The van der Waals surface area contributed by atoms with E-state index in [-0.39, 0.29) is 34.9 Å². The van der Waals surface area contributed by atoms with Crippen LogP contribution in [0.25, 0.3) is 5.69 Å². The van der Waals surface area contributed by atoms with Crippen LogP contribution in [0.3, 0.4) is 0 Å². The van der Waals surface area contributed by atoms with Gasteiger partial charge in [-0.3, -0.25) is 0 Å². The fraction of sp³-hybridized carbons (Fsp3) is 0.438. The summed E-state index contributed by atoms with van der Waals surface area (Å²) in [5, 5.41) is 4.02. The first kappa shape index (κ1) is 18.3. The minimum absolute atomic E-state index is 0. The summed E-state index contributed by atoms with van der Waals surface area (Å²) in [7, 11) is -3.63. The fourth-order valence-corrected chi connectivity index (χ4v) is 5.29.